The Morgan fingerprint density at radius 1 is 1.44 bits per heavy atom. The Labute approximate surface area is 107 Å². The number of carboxylic acids is 1. The van der Waals surface area contributed by atoms with Crippen LogP contribution in [0.5, 0.6) is 0 Å². The van der Waals surface area contributed by atoms with Crippen LogP contribution in [-0.4, -0.2) is 40.3 Å². The van der Waals surface area contributed by atoms with Gasteiger partial charge in [-0.05, 0) is 27.7 Å². The van der Waals surface area contributed by atoms with Gasteiger partial charge in [-0.3, -0.25) is 4.79 Å². The van der Waals surface area contributed by atoms with Crippen LogP contribution in [0, 0.1) is 11.3 Å². The van der Waals surface area contributed by atoms with Crippen LogP contribution in [0.1, 0.15) is 40.5 Å². The third-order valence-electron chi connectivity index (χ3n) is 2.11. The van der Waals surface area contributed by atoms with Gasteiger partial charge in [0, 0.05) is 12.6 Å². The van der Waals surface area contributed by atoms with Gasteiger partial charge in [0.05, 0.1) is 18.9 Å². The fraction of sp³-hybridized carbons (Fsp3) is 0.750. The van der Waals surface area contributed by atoms with Crippen molar-refractivity contribution in [1.29, 1.82) is 5.26 Å². The molecule has 0 fully saturated rings. The molecule has 0 aromatic carbocycles. The summed E-state index contributed by atoms with van der Waals surface area (Å²) in [5.74, 6) is -0.993. The lowest BCUT2D eigenvalue weighted by atomic mass is 10.2. The van der Waals surface area contributed by atoms with Gasteiger partial charge in [0.2, 0.25) is 0 Å². The summed E-state index contributed by atoms with van der Waals surface area (Å²) < 4.78 is 5.18. The molecule has 0 saturated carbocycles. The van der Waals surface area contributed by atoms with Crippen LogP contribution >= 0.6 is 0 Å². The highest BCUT2D eigenvalue weighted by atomic mass is 16.6. The maximum Gasteiger partial charge on any atom is 0.410 e. The minimum atomic E-state index is -0.993. The van der Waals surface area contributed by atoms with Crippen molar-refractivity contribution in [3.8, 4) is 6.07 Å². The molecular weight excluding hydrogens is 236 g/mol. The molecule has 1 atom stereocenters. The minimum absolute atomic E-state index is 0.0348. The van der Waals surface area contributed by atoms with Gasteiger partial charge < -0.3 is 14.7 Å². The molecule has 6 nitrogen and oxygen atoms in total. The van der Waals surface area contributed by atoms with Gasteiger partial charge in [-0.1, -0.05) is 0 Å². The van der Waals surface area contributed by atoms with E-state index in [0.29, 0.717) is 0 Å². The molecule has 0 heterocycles. The van der Waals surface area contributed by atoms with Gasteiger partial charge in [0.1, 0.15) is 5.60 Å². The molecule has 0 aromatic heterocycles. The Morgan fingerprint density at radius 3 is 2.39 bits per heavy atom. The van der Waals surface area contributed by atoms with Crippen LogP contribution in [0.2, 0.25) is 0 Å². The minimum Gasteiger partial charge on any atom is -0.481 e. The van der Waals surface area contributed by atoms with Crippen LogP contribution in [-0.2, 0) is 9.53 Å². The quantitative estimate of drug-likeness (QED) is 0.812. The summed E-state index contributed by atoms with van der Waals surface area (Å²) in [6, 6.07) is 1.59. The zero-order valence-corrected chi connectivity index (χ0v) is 11.3. The second-order valence-corrected chi connectivity index (χ2v) is 5.03. The highest BCUT2D eigenvalue weighted by molar-refractivity contribution is 5.71. The second-order valence-electron chi connectivity index (χ2n) is 5.03. The Kier molecular flexibility index (Phi) is 6.17. The lowest BCUT2D eigenvalue weighted by Gasteiger charge is -2.30. The predicted molar refractivity (Wildman–Crippen MR) is 64.9 cm³/mol. The van der Waals surface area contributed by atoms with E-state index < -0.39 is 17.7 Å². The maximum atomic E-state index is 11.9. The SMILES string of the molecule is CC(CC#N)N(CCC(=O)O)C(=O)OC(C)(C)C. The summed E-state index contributed by atoms with van der Waals surface area (Å²) in [4.78, 5) is 23.7. The molecule has 18 heavy (non-hydrogen) atoms. The number of hydrogen-bond donors (Lipinski definition) is 1. The Bertz CT molecular complexity index is 341. The number of nitriles is 1. The molecule has 1 unspecified atom stereocenters. The maximum absolute atomic E-state index is 11.9. The van der Waals surface area contributed by atoms with Gasteiger partial charge >= 0.3 is 12.1 Å². The van der Waals surface area contributed by atoms with E-state index in [0.717, 1.165) is 0 Å². The third-order valence-corrected chi connectivity index (χ3v) is 2.11. The number of aliphatic carboxylic acids is 1. The first-order valence-corrected chi connectivity index (χ1v) is 5.75. The number of amides is 1. The van der Waals surface area contributed by atoms with Crippen molar-refractivity contribution in [1.82, 2.24) is 4.90 Å². The fourth-order valence-electron chi connectivity index (χ4n) is 1.27. The average molecular weight is 256 g/mol. The van der Waals surface area contributed by atoms with Crippen LogP contribution in [0.4, 0.5) is 4.79 Å². The third kappa shape index (κ3) is 6.74. The number of carbonyl (C=O) groups excluding carboxylic acids is 1. The summed E-state index contributed by atoms with van der Waals surface area (Å²) in [6.07, 6.45) is -0.625. The van der Waals surface area contributed by atoms with Gasteiger partial charge in [-0.15, -0.1) is 0 Å². The molecule has 0 aliphatic rings. The molecule has 1 amide bonds. The zero-order chi connectivity index (χ0) is 14.3. The lowest BCUT2D eigenvalue weighted by molar-refractivity contribution is -0.137. The van der Waals surface area contributed by atoms with Crippen LogP contribution in [0.25, 0.3) is 0 Å². The average Bonchev–Trinajstić information content (AvgIpc) is 2.14. The molecule has 6 heteroatoms. The van der Waals surface area contributed by atoms with E-state index in [2.05, 4.69) is 0 Å². The molecule has 0 rings (SSSR count). The largest absolute Gasteiger partial charge is 0.481 e. The van der Waals surface area contributed by atoms with E-state index >= 15 is 0 Å². The molecule has 0 radical (unpaired) electrons. The Hall–Kier alpha value is -1.77. The van der Waals surface area contributed by atoms with Crippen LogP contribution < -0.4 is 0 Å². The molecule has 0 aliphatic carbocycles. The van der Waals surface area contributed by atoms with E-state index in [1.165, 1.54) is 4.90 Å². The van der Waals surface area contributed by atoms with E-state index in [1.54, 1.807) is 27.7 Å². The molecular formula is C12H20N2O4. The van der Waals surface area contributed by atoms with Crippen molar-refractivity contribution >= 4 is 12.1 Å². The summed E-state index contributed by atoms with van der Waals surface area (Å²) in [5, 5.41) is 17.3. The zero-order valence-electron chi connectivity index (χ0n) is 11.3. The number of rotatable bonds is 5. The summed E-state index contributed by atoms with van der Waals surface area (Å²) in [6.45, 7) is 6.92. The summed E-state index contributed by atoms with van der Waals surface area (Å²) in [5.41, 5.74) is -0.648. The highest BCUT2D eigenvalue weighted by Gasteiger charge is 2.26. The standard InChI is InChI=1S/C12H20N2O4/c1-9(5-7-13)14(8-6-10(15)16)11(17)18-12(2,3)4/h9H,5-6,8H2,1-4H3,(H,15,16). The number of hydrogen-bond acceptors (Lipinski definition) is 4. The first kappa shape index (κ1) is 16.2. The molecule has 102 valence electrons. The molecule has 0 aromatic rings. The molecule has 0 spiro atoms. The Morgan fingerprint density at radius 2 is 2.00 bits per heavy atom. The molecule has 0 bridgehead atoms. The van der Waals surface area contributed by atoms with Crippen molar-refractivity contribution in [3.63, 3.8) is 0 Å². The van der Waals surface area contributed by atoms with Crippen LogP contribution in [0.15, 0.2) is 0 Å². The lowest BCUT2D eigenvalue weighted by Crippen LogP contribution is -2.43. The van der Waals surface area contributed by atoms with Crippen molar-refractivity contribution in [2.75, 3.05) is 6.54 Å². The number of nitrogens with zero attached hydrogens (tertiary/aromatic N) is 2. The summed E-state index contributed by atoms with van der Waals surface area (Å²) in [7, 11) is 0. The van der Waals surface area contributed by atoms with E-state index in [4.69, 9.17) is 15.1 Å². The number of carbonyl (C=O) groups is 2. The van der Waals surface area contributed by atoms with Crippen molar-refractivity contribution in [2.24, 2.45) is 0 Å². The monoisotopic (exact) mass is 256 g/mol. The normalized spacial score (nSPS) is 12.4. The molecule has 0 aliphatic heterocycles. The highest BCUT2D eigenvalue weighted by Crippen LogP contribution is 2.13. The molecule has 0 saturated heterocycles. The van der Waals surface area contributed by atoms with Crippen molar-refractivity contribution in [3.05, 3.63) is 0 Å². The predicted octanol–water partition coefficient (Wildman–Crippen LogP) is 2.00. The van der Waals surface area contributed by atoms with Gasteiger partial charge in [0.15, 0.2) is 0 Å². The number of carboxylic acid groups (broad SMARTS) is 1. The smallest absolute Gasteiger partial charge is 0.410 e. The van der Waals surface area contributed by atoms with Gasteiger partial charge in [-0.2, -0.15) is 5.26 Å². The van der Waals surface area contributed by atoms with E-state index in [-0.39, 0.29) is 25.4 Å². The Balaban J connectivity index is 4.69. The summed E-state index contributed by atoms with van der Waals surface area (Å²) >= 11 is 0. The first-order chi connectivity index (χ1) is 8.17. The second kappa shape index (κ2) is 6.84. The van der Waals surface area contributed by atoms with Gasteiger partial charge in [0.25, 0.3) is 0 Å². The van der Waals surface area contributed by atoms with E-state index in [1.807, 2.05) is 6.07 Å². The van der Waals surface area contributed by atoms with Gasteiger partial charge in [-0.25, -0.2) is 4.79 Å². The molecule has 1 N–H and O–H groups in total. The van der Waals surface area contributed by atoms with Crippen LogP contribution in [0.3, 0.4) is 0 Å². The van der Waals surface area contributed by atoms with E-state index in [9.17, 15) is 9.59 Å². The number of ether oxygens (including phenoxy) is 1. The topological polar surface area (TPSA) is 90.6 Å². The fourth-order valence-corrected chi connectivity index (χ4v) is 1.27. The van der Waals surface area contributed by atoms with Crippen molar-refractivity contribution < 1.29 is 19.4 Å². The van der Waals surface area contributed by atoms with Crippen molar-refractivity contribution in [2.45, 2.75) is 52.2 Å². The first-order valence-electron chi connectivity index (χ1n) is 5.75.